The van der Waals surface area contributed by atoms with E-state index in [1.165, 1.54) is 32.1 Å². The summed E-state index contributed by atoms with van der Waals surface area (Å²) >= 11 is 0. The molecule has 1 atom stereocenters. The highest BCUT2D eigenvalue weighted by atomic mass is 14.8. The van der Waals surface area contributed by atoms with Gasteiger partial charge in [0.2, 0.25) is 0 Å². The van der Waals surface area contributed by atoms with Crippen molar-refractivity contribution in [3.63, 3.8) is 0 Å². The van der Waals surface area contributed by atoms with Gasteiger partial charge < -0.3 is 0 Å². The summed E-state index contributed by atoms with van der Waals surface area (Å²) in [6.07, 6.45) is 6.98. The molecular formula is C9H18N. The molecule has 0 spiro atoms. The number of hydrogen-bond donors (Lipinski definition) is 0. The molecule has 1 unspecified atom stereocenters. The van der Waals surface area contributed by atoms with Gasteiger partial charge in [0.1, 0.15) is 0 Å². The maximum atomic E-state index is 4.47. The fourth-order valence-corrected chi connectivity index (χ4v) is 1.47. The fourth-order valence-electron chi connectivity index (χ4n) is 1.47. The Balaban J connectivity index is 2.15. The van der Waals surface area contributed by atoms with Crippen molar-refractivity contribution in [1.29, 1.82) is 0 Å². The van der Waals surface area contributed by atoms with Gasteiger partial charge in [0.15, 0.2) is 0 Å². The summed E-state index contributed by atoms with van der Waals surface area (Å²) in [5.74, 6) is 0.845. The molecule has 1 saturated heterocycles. The Labute approximate surface area is 64.2 Å². The molecule has 1 radical (unpaired) electrons. The van der Waals surface area contributed by atoms with Crippen LogP contribution in [0.2, 0.25) is 0 Å². The lowest BCUT2D eigenvalue weighted by Crippen LogP contribution is -2.14. The molecule has 1 aliphatic rings. The van der Waals surface area contributed by atoms with E-state index in [-0.39, 0.29) is 0 Å². The minimum absolute atomic E-state index is 0.845. The molecule has 0 aliphatic carbocycles. The van der Waals surface area contributed by atoms with E-state index in [1.54, 1.807) is 0 Å². The molecule has 1 heteroatoms. The highest BCUT2D eigenvalue weighted by Gasteiger charge is 2.04. The van der Waals surface area contributed by atoms with Gasteiger partial charge in [0.05, 0.1) is 0 Å². The molecule has 1 heterocycles. The number of nitrogens with zero attached hydrogens (tertiary/aromatic N) is 1. The monoisotopic (exact) mass is 140 g/mol. The van der Waals surface area contributed by atoms with Crippen LogP contribution in [-0.2, 0) is 0 Å². The molecule has 0 N–H and O–H groups in total. The predicted molar refractivity (Wildman–Crippen MR) is 44.1 cm³/mol. The second kappa shape index (κ2) is 4.73. The van der Waals surface area contributed by atoms with Crippen LogP contribution in [-0.4, -0.2) is 13.1 Å². The highest BCUT2D eigenvalue weighted by Crippen LogP contribution is 2.11. The van der Waals surface area contributed by atoms with Gasteiger partial charge in [0, 0.05) is 13.1 Å². The van der Waals surface area contributed by atoms with Crippen molar-refractivity contribution in [2.45, 2.75) is 39.0 Å². The van der Waals surface area contributed by atoms with Gasteiger partial charge in [0.25, 0.3) is 0 Å². The molecule has 0 aromatic carbocycles. The first-order valence-corrected chi connectivity index (χ1v) is 4.53. The minimum Gasteiger partial charge on any atom is -0.242 e. The second-order valence-electron chi connectivity index (χ2n) is 3.44. The molecular weight excluding hydrogens is 122 g/mol. The Hall–Kier alpha value is -0.0400. The maximum Gasteiger partial charge on any atom is 0.0159 e. The smallest absolute Gasteiger partial charge is 0.0159 e. The average Bonchev–Trinajstić information content (AvgIpc) is 2.02. The Kier molecular flexibility index (Phi) is 3.81. The van der Waals surface area contributed by atoms with E-state index in [0.29, 0.717) is 0 Å². The normalized spacial score (nSPS) is 30.3. The summed E-state index contributed by atoms with van der Waals surface area (Å²) in [5, 5.41) is 4.47. The van der Waals surface area contributed by atoms with Crippen molar-refractivity contribution < 1.29 is 0 Å². The lowest BCUT2D eigenvalue weighted by molar-refractivity contribution is 0.477. The molecule has 0 bridgehead atoms. The number of hydrogen-bond acceptors (Lipinski definition) is 0. The standard InChI is InChI=1S/C9H18N/c1-9-6-4-2-3-5-7-10-8-9/h9H,2-8H2,1H3. The average molecular weight is 140 g/mol. The largest absolute Gasteiger partial charge is 0.242 e. The van der Waals surface area contributed by atoms with Crippen LogP contribution in [0, 0.1) is 5.92 Å². The topological polar surface area (TPSA) is 14.1 Å². The highest BCUT2D eigenvalue weighted by molar-refractivity contribution is 4.60. The van der Waals surface area contributed by atoms with Gasteiger partial charge in [-0.2, -0.15) is 0 Å². The summed E-state index contributed by atoms with van der Waals surface area (Å²) in [6, 6.07) is 0. The molecule has 0 saturated carbocycles. The van der Waals surface area contributed by atoms with Gasteiger partial charge in [-0.05, 0) is 18.8 Å². The van der Waals surface area contributed by atoms with E-state index in [4.69, 9.17) is 0 Å². The molecule has 1 fully saturated rings. The first-order chi connectivity index (χ1) is 4.89. The summed E-state index contributed by atoms with van der Waals surface area (Å²) in [4.78, 5) is 0. The zero-order valence-electron chi connectivity index (χ0n) is 6.97. The first kappa shape index (κ1) is 8.06. The van der Waals surface area contributed by atoms with E-state index in [0.717, 1.165) is 19.0 Å². The summed E-state index contributed by atoms with van der Waals surface area (Å²) in [6.45, 7) is 4.54. The van der Waals surface area contributed by atoms with E-state index in [1.807, 2.05) is 0 Å². The minimum atomic E-state index is 0.845. The Bertz CT molecular complexity index is 70.8. The van der Waals surface area contributed by atoms with Crippen LogP contribution in [0.4, 0.5) is 0 Å². The van der Waals surface area contributed by atoms with Crippen molar-refractivity contribution in [2.24, 2.45) is 5.92 Å². The van der Waals surface area contributed by atoms with E-state index in [2.05, 4.69) is 12.2 Å². The van der Waals surface area contributed by atoms with Gasteiger partial charge in [-0.15, -0.1) is 0 Å². The van der Waals surface area contributed by atoms with E-state index < -0.39 is 0 Å². The second-order valence-corrected chi connectivity index (χ2v) is 3.44. The predicted octanol–water partition coefficient (Wildman–Crippen LogP) is 2.19. The van der Waals surface area contributed by atoms with Crippen molar-refractivity contribution >= 4 is 0 Å². The van der Waals surface area contributed by atoms with Crippen molar-refractivity contribution in [2.75, 3.05) is 13.1 Å². The molecule has 1 aliphatic heterocycles. The molecule has 0 aromatic rings. The lowest BCUT2D eigenvalue weighted by Gasteiger charge is -2.07. The maximum absolute atomic E-state index is 4.47. The van der Waals surface area contributed by atoms with Gasteiger partial charge in [-0.25, -0.2) is 5.32 Å². The fraction of sp³-hybridized carbons (Fsp3) is 1.00. The van der Waals surface area contributed by atoms with Crippen LogP contribution < -0.4 is 5.32 Å². The quantitative estimate of drug-likeness (QED) is 0.489. The Morgan fingerprint density at radius 3 is 2.80 bits per heavy atom. The van der Waals surface area contributed by atoms with Crippen molar-refractivity contribution in [3.8, 4) is 0 Å². The molecule has 59 valence electrons. The van der Waals surface area contributed by atoms with Crippen LogP contribution in [0.3, 0.4) is 0 Å². The lowest BCUT2D eigenvalue weighted by atomic mass is 10.0. The number of rotatable bonds is 0. The third kappa shape index (κ3) is 3.21. The van der Waals surface area contributed by atoms with Crippen molar-refractivity contribution in [3.05, 3.63) is 0 Å². The zero-order valence-corrected chi connectivity index (χ0v) is 6.97. The van der Waals surface area contributed by atoms with Crippen LogP contribution in [0.15, 0.2) is 0 Å². The van der Waals surface area contributed by atoms with Crippen LogP contribution in [0.1, 0.15) is 39.0 Å². The zero-order chi connectivity index (χ0) is 7.23. The van der Waals surface area contributed by atoms with Crippen LogP contribution in [0.25, 0.3) is 0 Å². The third-order valence-electron chi connectivity index (χ3n) is 2.20. The third-order valence-corrected chi connectivity index (χ3v) is 2.20. The molecule has 1 nitrogen and oxygen atoms in total. The Morgan fingerprint density at radius 1 is 1.10 bits per heavy atom. The van der Waals surface area contributed by atoms with E-state index in [9.17, 15) is 0 Å². The first-order valence-electron chi connectivity index (χ1n) is 4.53. The molecule has 0 amide bonds. The van der Waals surface area contributed by atoms with Crippen LogP contribution in [0.5, 0.6) is 0 Å². The summed E-state index contributed by atoms with van der Waals surface area (Å²) < 4.78 is 0. The van der Waals surface area contributed by atoms with Crippen LogP contribution >= 0.6 is 0 Å². The molecule has 1 rings (SSSR count). The summed E-state index contributed by atoms with van der Waals surface area (Å²) in [7, 11) is 0. The van der Waals surface area contributed by atoms with Gasteiger partial charge in [-0.1, -0.05) is 26.2 Å². The van der Waals surface area contributed by atoms with Gasteiger partial charge >= 0.3 is 0 Å². The van der Waals surface area contributed by atoms with Crippen molar-refractivity contribution in [1.82, 2.24) is 5.32 Å². The Morgan fingerprint density at radius 2 is 1.90 bits per heavy atom. The van der Waals surface area contributed by atoms with Gasteiger partial charge in [-0.3, -0.25) is 0 Å². The SMILES string of the molecule is CC1CCCCCC[N]C1. The summed E-state index contributed by atoms with van der Waals surface area (Å²) in [5.41, 5.74) is 0. The molecule has 10 heavy (non-hydrogen) atoms. The molecule has 0 aromatic heterocycles. The van der Waals surface area contributed by atoms with E-state index >= 15 is 0 Å².